The fourth-order valence-electron chi connectivity index (χ4n) is 6.90. The van der Waals surface area contributed by atoms with Crippen LogP contribution in [0.3, 0.4) is 0 Å². The number of aryl methyl sites for hydroxylation is 1. The number of aromatic hydroxyl groups is 3. The summed E-state index contributed by atoms with van der Waals surface area (Å²) in [4.78, 5) is 43.6. The molecule has 0 aromatic heterocycles. The van der Waals surface area contributed by atoms with Crippen molar-refractivity contribution in [3.05, 3.63) is 129 Å². The summed E-state index contributed by atoms with van der Waals surface area (Å²) in [6.07, 6.45) is 17.9. The second-order valence-electron chi connectivity index (χ2n) is 15.0. The van der Waals surface area contributed by atoms with Gasteiger partial charge in [0.25, 0.3) is 11.8 Å². The van der Waals surface area contributed by atoms with Gasteiger partial charge in [-0.3, -0.25) is 14.4 Å². The number of amides is 2. The summed E-state index contributed by atoms with van der Waals surface area (Å²) < 4.78 is 27.9. The number of sulfone groups is 1. The lowest BCUT2D eigenvalue weighted by Gasteiger charge is -2.18. The molecule has 2 amide bonds. The summed E-state index contributed by atoms with van der Waals surface area (Å²) in [5, 5.41) is 36.7. The molecule has 5 N–H and O–H groups in total. The molecular weight excluding hydrogens is 838 g/mol. The average molecular weight is 889 g/mol. The van der Waals surface area contributed by atoms with Gasteiger partial charge in [0, 0.05) is 23.3 Å². The van der Waals surface area contributed by atoms with Crippen molar-refractivity contribution in [2.75, 3.05) is 0 Å². The Morgan fingerprint density at radius 2 is 1.20 bits per heavy atom. The normalized spacial score (nSPS) is 13.5. The van der Waals surface area contributed by atoms with Gasteiger partial charge in [0.05, 0.1) is 37.7 Å². The van der Waals surface area contributed by atoms with Gasteiger partial charge >= 0.3 is 0 Å². The second kappa shape index (κ2) is 22.4. The third-order valence-electron chi connectivity index (χ3n) is 10.3. The van der Waals surface area contributed by atoms with Gasteiger partial charge in [-0.05, 0) is 73.0 Å². The number of phenols is 3. The maximum atomic E-state index is 14.0. The number of hydrogen-bond acceptors (Lipinski definition) is 9. The number of benzene rings is 4. The Labute approximate surface area is 367 Å². The van der Waals surface area contributed by atoms with Gasteiger partial charge in [-0.25, -0.2) is 13.4 Å². The van der Waals surface area contributed by atoms with Gasteiger partial charge in [-0.1, -0.05) is 131 Å². The van der Waals surface area contributed by atoms with Crippen LogP contribution in [-0.4, -0.2) is 47.0 Å². The molecule has 0 unspecified atom stereocenters. The van der Waals surface area contributed by atoms with Crippen LogP contribution in [0.5, 0.6) is 17.2 Å². The van der Waals surface area contributed by atoms with Crippen LogP contribution < -0.4 is 10.6 Å². The summed E-state index contributed by atoms with van der Waals surface area (Å²) in [6, 6.07) is 18.2. The maximum absolute atomic E-state index is 14.0. The molecule has 0 fully saturated rings. The van der Waals surface area contributed by atoms with Crippen LogP contribution in [0, 0.1) is 0 Å². The smallest absolute Gasteiger partial charge is 0.255 e. The lowest BCUT2D eigenvalue weighted by Crippen LogP contribution is -2.34. The Bertz CT molecular complexity index is 2410. The van der Waals surface area contributed by atoms with Crippen molar-refractivity contribution in [3.63, 3.8) is 0 Å². The number of carbonyl (C=O) groups is 3. The van der Waals surface area contributed by atoms with Gasteiger partial charge in [-0.15, -0.1) is 0 Å². The SMILES string of the molecule is CCCCCCCCCCCCCCCc1cc(O)cc(S(=O)(=O)c2cccc(C(=O)NC3=CC(=O)C(NC(=O)c4ccccc4)=CC3=Nc3cc(Cl)c(O)c(Cl)c3)c2)c1O. The number of aliphatic imine (C=N–C) groups is 1. The molecule has 0 bridgehead atoms. The molecular formula is C47H51Cl2N3O8S. The molecule has 0 atom stereocenters. The summed E-state index contributed by atoms with van der Waals surface area (Å²) in [5.41, 5.74) is 0.324. The Balaban J connectivity index is 1.28. The van der Waals surface area contributed by atoms with Crippen LogP contribution >= 0.6 is 23.2 Å². The number of allylic oxidation sites excluding steroid dienone is 2. The molecule has 0 heterocycles. The van der Waals surface area contributed by atoms with Gasteiger partial charge in [0.15, 0.2) is 5.75 Å². The standard InChI is InChI=1S/C47H51Cl2N3O8S/c1-2-3-4-5-6-7-8-9-10-11-12-13-15-21-32-24-35(53)28-43(44(32)55)61(59,60)36-23-18-22-33(25-36)47(58)51-40-30-42(54)41(52-46(57)31-19-16-14-17-20-31)29-39(40)50-34-26-37(48)45(56)38(49)27-34/h14,16-20,22-30,53,55-56H,2-13,15,21H2,1H3,(H,51,58)(H,52,57). The highest BCUT2D eigenvalue weighted by Crippen LogP contribution is 2.37. The number of rotatable bonds is 21. The third kappa shape index (κ3) is 13.0. The van der Waals surface area contributed by atoms with E-state index in [1.54, 1.807) is 30.3 Å². The highest BCUT2D eigenvalue weighted by molar-refractivity contribution is 7.91. The van der Waals surface area contributed by atoms with Crippen LogP contribution in [0.15, 0.2) is 117 Å². The van der Waals surface area contributed by atoms with Crippen LogP contribution in [0.25, 0.3) is 0 Å². The van der Waals surface area contributed by atoms with Gasteiger partial charge < -0.3 is 26.0 Å². The molecule has 0 saturated carbocycles. The molecule has 0 aliphatic heterocycles. The lowest BCUT2D eigenvalue weighted by atomic mass is 10.0. The lowest BCUT2D eigenvalue weighted by molar-refractivity contribution is -0.111. The zero-order chi connectivity index (χ0) is 43.9. The predicted molar refractivity (Wildman–Crippen MR) is 239 cm³/mol. The first kappa shape index (κ1) is 46.6. The van der Waals surface area contributed by atoms with Crippen molar-refractivity contribution >= 4 is 62.0 Å². The molecule has 61 heavy (non-hydrogen) atoms. The predicted octanol–water partition coefficient (Wildman–Crippen LogP) is 10.9. The van der Waals surface area contributed by atoms with E-state index < -0.39 is 38.1 Å². The first-order valence-electron chi connectivity index (χ1n) is 20.6. The van der Waals surface area contributed by atoms with Gasteiger partial charge in [0.2, 0.25) is 15.6 Å². The molecule has 4 aromatic carbocycles. The zero-order valence-corrected chi connectivity index (χ0v) is 36.4. The van der Waals surface area contributed by atoms with Crippen LogP contribution in [0.1, 0.15) is 117 Å². The molecule has 322 valence electrons. The number of hydrogen-bond donors (Lipinski definition) is 5. The number of carbonyl (C=O) groups excluding carboxylic acids is 3. The van der Waals surface area contributed by atoms with Crippen molar-refractivity contribution in [1.29, 1.82) is 0 Å². The van der Waals surface area contributed by atoms with E-state index in [9.17, 15) is 38.1 Å². The van der Waals surface area contributed by atoms with E-state index in [0.717, 1.165) is 37.5 Å². The molecule has 1 aliphatic rings. The molecule has 4 aromatic rings. The number of ketones is 1. The van der Waals surface area contributed by atoms with Crippen LogP contribution in [-0.2, 0) is 21.1 Å². The van der Waals surface area contributed by atoms with E-state index in [1.807, 2.05) is 0 Å². The number of unbranched alkanes of at least 4 members (excludes halogenated alkanes) is 12. The second-order valence-corrected chi connectivity index (χ2v) is 17.7. The van der Waals surface area contributed by atoms with Gasteiger partial charge in [-0.2, -0.15) is 0 Å². The van der Waals surface area contributed by atoms with E-state index in [4.69, 9.17) is 23.2 Å². The molecule has 0 saturated heterocycles. The first-order valence-corrected chi connectivity index (χ1v) is 22.8. The van der Waals surface area contributed by atoms with E-state index in [1.165, 1.54) is 100 Å². The minimum absolute atomic E-state index is 0.0152. The molecule has 0 radical (unpaired) electrons. The topological polar surface area (TPSA) is 182 Å². The van der Waals surface area contributed by atoms with Gasteiger partial charge in [0.1, 0.15) is 16.4 Å². The minimum atomic E-state index is -4.45. The molecule has 0 spiro atoms. The van der Waals surface area contributed by atoms with Crippen molar-refractivity contribution in [2.24, 2.45) is 4.99 Å². The summed E-state index contributed by atoms with van der Waals surface area (Å²) in [5.74, 6) is -3.22. The monoisotopic (exact) mass is 887 g/mol. The van der Waals surface area contributed by atoms with Crippen molar-refractivity contribution in [2.45, 2.75) is 107 Å². The number of halogens is 2. The van der Waals surface area contributed by atoms with Crippen molar-refractivity contribution in [1.82, 2.24) is 10.6 Å². The van der Waals surface area contributed by atoms with Crippen molar-refractivity contribution < 1.29 is 38.1 Å². The third-order valence-corrected chi connectivity index (χ3v) is 12.6. The highest BCUT2D eigenvalue weighted by atomic mass is 35.5. The quantitative estimate of drug-likeness (QED) is 0.0311. The van der Waals surface area contributed by atoms with Crippen LogP contribution in [0.2, 0.25) is 10.0 Å². The van der Waals surface area contributed by atoms with E-state index in [-0.39, 0.29) is 60.4 Å². The Hall–Kier alpha value is -5.43. The van der Waals surface area contributed by atoms with E-state index in [0.29, 0.717) is 18.4 Å². The summed E-state index contributed by atoms with van der Waals surface area (Å²) in [6.45, 7) is 2.22. The fraction of sp³-hybridized carbons (Fsp3) is 0.319. The summed E-state index contributed by atoms with van der Waals surface area (Å²) in [7, 11) is -4.45. The van der Waals surface area contributed by atoms with E-state index in [2.05, 4.69) is 22.5 Å². The Morgan fingerprint density at radius 3 is 1.82 bits per heavy atom. The average Bonchev–Trinajstić information content (AvgIpc) is 3.24. The molecule has 14 heteroatoms. The highest BCUT2D eigenvalue weighted by Gasteiger charge is 2.27. The molecule has 11 nitrogen and oxygen atoms in total. The Morgan fingerprint density at radius 1 is 0.639 bits per heavy atom. The number of nitrogens with one attached hydrogen (secondary N) is 2. The summed E-state index contributed by atoms with van der Waals surface area (Å²) >= 11 is 12.2. The molecule has 1 aliphatic carbocycles. The minimum Gasteiger partial charge on any atom is -0.508 e. The maximum Gasteiger partial charge on any atom is 0.255 e. The molecule has 5 rings (SSSR count). The zero-order valence-electron chi connectivity index (χ0n) is 34.1. The number of phenolic OH excluding ortho intramolecular Hbond substituents is 3. The Kier molecular flexibility index (Phi) is 17.1. The van der Waals surface area contributed by atoms with Crippen LogP contribution in [0.4, 0.5) is 5.69 Å². The van der Waals surface area contributed by atoms with Crippen molar-refractivity contribution in [3.8, 4) is 17.2 Å². The fourth-order valence-corrected chi connectivity index (χ4v) is 8.83. The largest absolute Gasteiger partial charge is 0.508 e. The number of nitrogens with zero attached hydrogens (tertiary/aromatic N) is 1. The first-order chi connectivity index (χ1) is 29.3. The van der Waals surface area contributed by atoms with E-state index >= 15 is 0 Å².